The molecule has 0 amide bonds. The molecule has 0 saturated heterocycles. The first-order chi connectivity index (χ1) is 8.20. The quantitative estimate of drug-likeness (QED) is 0.518. The van der Waals surface area contributed by atoms with E-state index in [1.54, 1.807) is 7.11 Å². The maximum atomic E-state index is 9.64. The lowest BCUT2D eigenvalue weighted by molar-refractivity contribution is 0.0130. The molecule has 0 heterocycles. The highest BCUT2D eigenvalue weighted by Crippen LogP contribution is 2.03. The van der Waals surface area contributed by atoms with Crippen molar-refractivity contribution in [3.8, 4) is 0 Å². The van der Waals surface area contributed by atoms with Gasteiger partial charge >= 0.3 is 0 Å². The molecule has 104 valence electrons. The second-order valence-corrected chi connectivity index (χ2v) is 5.41. The summed E-state index contributed by atoms with van der Waals surface area (Å²) in [6, 6.07) is 0.447. The average Bonchev–Trinajstić information content (AvgIpc) is 2.32. The van der Waals surface area contributed by atoms with E-state index in [0.29, 0.717) is 32.4 Å². The van der Waals surface area contributed by atoms with Crippen LogP contribution >= 0.6 is 11.8 Å². The van der Waals surface area contributed by atoms with Gasteiger partial charge in [-0.2, -0.15) is 11.8 Å². The van der Waals surface area contributed by atoms with Gasteiger partial charge in [0, 0.05) is 19.7 Å². The molecule has 17 heavy (non-hydrogen) atoms. The van der Waals surface area contributed by atoms with Crippen LogP contribution in [-0.4, -0.2) is 62.2 Å². The van der Waals surface area contributed by atoms with Gasteiger partial charge in [0.1, 0.15) is 0 Å². The molecular formula is C12H27NO3S. The number of aliphatic hydroxyl groups is 1. The fourth-order valence-electron chi connectivity index (χ4n) is 1.26. The monoisotopic (exact) mass is 265 g/mol. The molecule has 0 spiro atoms. The molecule has 0 fully saturated rings. The number of ether oxygens (including phenoxy) is 2. The minimum atomic E-state index is -0.437. The van der Waals surface area contributed by atoms with Crippen molar-refractivity contribution >= 4 is 11.8 Å². The van der Waals surface area contributed by atoms with Crippen LogP contribution < -0.4 is 5.32 Å². The van der Waals surface area contributed by atoms with Crippen molar-refractivity contribution in [2.45, 2.75) is 32.4 Å². The number of thioether (sulfide) groups is 1. The van der Waals surface area contributed by atoms with E-state index in [4.69, 9.17) is 9.47 Å². The zero-order chi connectivity index (χ0) is 12.9. The van der Waals surface area contributed by atoms with E-state index in [0.717, 1.165) is 6.42 Å². The molecule has 0 aromatic heterocycles. The lowest BCUT2D eigenvalue weighted by Crippen LogP contribution is -2.36. The Morgan fingerprint density at radius 1 is 1.35 bits per heavy atom. The molecule has 2 atom stereocenters. The van der Waals surface area contributed by atoms with Gasteiger partial charge in [-0.05, 0) is 24.9 Å². The van der Waals surface area contributed by atoms with Gasteiger partial charge in [-0.1, -0.05) is 6.92 Å². The van der Waals surface area contributed by atoms with Crippen LogP contribution in [0.15, 0.2) is 0 Å². The highest BCUT2D eigenvalue weighted by Gasteiger charge is 2.07. The van der Waals surface area contributed by atoms with Crippen LogP contribution in [0.4, 0.5) is 0 Å². The summed E-state index contributed by atoms with van der Waals surface area (Å²) in [4.78, 5) is 0. The van der Waals surface area contributed by atoms with Gasteiger partial charge in [0.2, 0.25) is 0 Å². The fourth-order valence-corrected chi connectivity index (χ4v) is 2.07. The van der Waals surface area contributed by atoms with Gasteiger partial charge in [0.25, 0.3) is 0 Å². The van der Waals surface area contributed by atoms with Crippen LogP contribution in [-0.2, 0) is 9.47 Å². The Bertz CT molecular complexity index is 161. The van der Waals surface area contributed by atoms with Crippen molar-refractivity contribution < 1.29 is 14.6 Å². The molecule has 0 aliphatic rings. The Labute approximate surface area is 109 Å². The number of aliphatic hydroxyl groups excluding tert-OH is 1. The van der Waals surface area contributed by atoms with Crippen molar-refractivity contribution in [3.05, 3.63) is 0 Å². The smallest absolute Gasteiger partial charge is 0.0897 e. The number of nitrogens with one attached hydrogen (secondary N) is 1. The van der Waals surface area contributed by atoms with Gasteiger partial charge in [-0.3, -0.25) is 0 Å². The van der Waals surface area contributed by atoms with E-state index in [1.165, 1.54) is 11.5 Å². The molecule has 4 nitrogen and oxygen atoms in total. The summed E-state index contributed by atoms with van der Waals surface area (Å²) in [6.07, 6.45) is 0.698. The van der Waals surface area contributed by atoms with E-state index in [2.05, 4.69) is 19.2 Å². The first-order valence-electron chi connectivity index (χ1n) is 6.26. The Hall–Kier alpha value is 0.190. The molecule has 2 N–H and O–H groups in total. The first-order valence-corrected chi connectivity index (χ1v) is 7.42. The van der Waals surface area contributed by atoms with E-state index in [-0.39, 0.29) is 0 Å². The van der Waals surface area contributed by atoms with Crippen molar-refractivity contribution in [1.29, 1.82) is 0 Å². The fraction of sp³-hybridized carbons (Fsp3) is 1.00. The zero-order valence-corrected chi connectivity index (χ0v) is 12.1. The summed E-state index contributed by atoms with van der Waals surface area (Å²) < 4.78 is 10.1. The molecule has 0 radical (unpaired) electrons. The molecule has 0 bridgehead atoms. The van der Waals surface area contributed by atoms with Crippen LogP contribution in [0.1, 0.15) is 20.3 Å². The van der Waals surface area contributed by atoms with Crippen LogP contribution in [0.2, 0.25) is 0 Å². The molecule has 0 rings (SSSR count). The van der Waals surface area contributed by atoms with Crippen LogP contribution in [0, 0.1) is 0 Å². The topological polar surface area (TPSA) is 50.7 Å². The number of rotatable bonds is 12. The highest BCUT2D eigenvalue weighted by molar-refractivity contribution is 7.99. The molecule has 5 heteroatoms. The molecule has 0 aliphatic heterocycles. The minimum Gasteiger partial charge on any atom is -0.389 e. The summed E-state index contributed by atoms with van der Waals surface area (Å²) >= 11 is 1.95. The zero-order valence-electron chi connectivity index (χ0n) is 11.3. The average molecular weight is 265 g/mol. The minimum absolute atomic E-state index is 0.368. The van der Waals surface area contributed by atoms with Crippen LogP contribution in [0.25, 0.3) is 0 Å². The van der Waals surface area contributed by atoms with Crippen molar-refractivity contribution in [3.63, 3.8) is 0 Å². The number of hydrogen-bond donors (Lipinski definition) is 2. The van der Waals surface area contributed by atoms with Crippen molar-refractivity contribution in [1.82, 2.24) is 5.32 Å². The van der Waals surface area contributed by atoms with Crippen molar-refractivity contribution in [2.24, 2.45) is 0 Å². The number of hydrogen-bond acceptors (Lipinski definition) is 5. The highest BCUT2D eigenvalue weighted by atomic mass is 32.2. The van der Waals surface area contributed by atoms with Crippen LogP contribution in [0.3, 0.4) is 0 Å². The van der Waals surface area contributed by atoms with Gasteiger partial charge < -0.3 is 19.9 Å². The standard InChI is InChI=1S/C12H27NO3S/c1-4-17-8-5-11(2)13-9-12(14)10-16-7-6-15-3/h11-14H,4-10H2,1-3H3. The first kappa shape index (κ1) is 17.2. The van der Waals surface area contributed by atoms with Gasteiger partial charge in [0.15, 0.2) is 0 Å². The van der Waals surface area contributed by atoms with Crippen molar-refractivity contribution in [2.75, 3.05) is 45.0 Å². The van der Waals surface area contributed by atoms with Gasteiger partial charge in [0.05, 0.1) is 25.9 Å². The van der Waals surface area contributed by atoms with Crippen LogP contribution in [0.5, 0.6) is 0 Å². The maximum absolute atomic E-state index is 9.64. The maximum Gasteiger partial charge on any atom is 0.0897 e. The molecule has 2 unspecified atom stereocenters. The van der Waals surface area contributed by atoms with E-state index in [9.17, 15) is 5.11 Å². The van der Waals surface area contributed by atoms with Gasteiger partial charge in [-0.15, -0.1) is 0 Å². The predicted octanol–water partition coefficient (Wildman–Crippen LogP) is 1.13. The summed E-state index contributed by atoms with van der Waals surface area (Å²) in [5.41, 5.74) is 0. The third kappa shape index (κ3) is 12.4. The molecule has 0 saturated carbocycles. The number of methoxy groups -OCH3 is 1. The molecular weight excluding hydrogens is 238 g/mol. The Kier molecular flexibility index (Phi) is 12.8. The van der Waals surface area contributed by atoms with E-state index < -0.39 is 6.10 Å². The lowest BCUT2D eigenvalue weighted by atomic mass is 10.2. The largest absolute Gasteiger partial charge is 0.389 e. The predicted molar refractivity (Wildman–Crippen MR) is 73.8 cm³/mol. The Morgan fingerprint density at radius 3 is 2.76 bits per heavy atom. The Balaban J connectivity index is 3.32. The third-order valence-corrected chi connectivity index (χ3v) is 3.28. The second kappa shape index (κ2) is 12.6. The third-order valence-electron chi connectivity index (χ3n) is 2.34. The SMILES string of the molecule is CCSCCC(C)NCC(O)COCCOC. The van der Waals surface area contributed by atoms with Gasteiger partial charge in [-0.25, -0.2) is 0 Å². The second-order valence-electron chi connectivity index (χ2n) is 4.02. The Morgan fingerprint density at radius 2 is 2.12 bits per heavy atom. The summed E-state index contributed by atoms with van der Waals surface area (Å²) in [5.74, 6) is 2.34. The summed E-state index contributed by atoms with van der Waals surface area (Å²) in [5, 5.41) is 12.9. The summed E-state index contributed by atoms with van der Waals surface area (Å²) in [7, 11) is 1.64. The molecule has 0 aromatic carbocycles. The molecule has 0 aromatic rings. The summed E-state index contributed by atoms with van der Waals surface area (Å²) in [6.45, 7) is 6.39. The normalized spacial score (nSPS) is 14.8. The van der Waals surface area contributed by atoms with E-state index >= 15 is 0 Å². The van der Waals surface area contributed by atoms with E-state index in [1.807, 2.05) is 11.8 Å². The lowest BCUT2D eigenvalue weighted by Gasteiger charge is -2.17. The molecule has 0 aliphatic carbocycles.